The second kappa shape index (κ2) is 5.72. The molecule has 2 aliphatic heterocycles. The second-order valence-electron chi connectivity index (χ2n) is 6.36. The molecule has 3 atom stereocenters. The van der Waals surface area contributed by atoms with Crippen molar-refractivity contribution in [1.29, 1.82) is 0 Å². The van der Waals surface area contributed by atoms with Crippen LogP contribution in [-0.4, -0.2) is 43.7 Å². The first-order valence-corrected chi connectivity index (χ1v) is 7.75. The summed E-state index contributed by atoms with van der Waals surface area (Å²) in [4.78, 5) is 39.9. The standard InChI is InChI=1S/C15H21N3O4/c1-9-7-17(15(22)16-14(9)21)8-13(20)18-10-3-2-4-11(18)6-12(19)5-10/h7,10-12,19H,2-6,8H2,1H3,(H,16,21,22)/t10-,11+,12?. The molecular weight excluding hydrogens is 286 g/mol. The van der Waals surface area contributed by atoms with Gasteiger partial charge in [-0.3, -0.25) is 19.1 Å². The number of aromatic amines is 1. The molecule has 2 saturated heterocycles. The molecule has 1 aromatic rings. The van der Waals surface area contributed by atoms with Gasteiger partial charge >= 0.3 is 5.69 Å². The Hall–Kier alpha value is -1.89. The smallest absolute Gasteiger partial charge is 0.328 e. The topological polar surface area (TPSA) is 95.4 Å². The Bertz CT molecular complexity index is 679. The molecule has 0 aliphatic carbocycles. The summed E-state index contributed by atoms with van der Waals surface area (Å²) in [5, 5.41) is 9.88. The number of carbonyl (C=O) groups is 1. The van der Waals surface area contributed by atoms with Gasteiger partial charge in [0.1, 0.15) is 6.54 Å². The number of rotatable bonds is 2. The van der Waals surface area contributed by atoms with Crippen LogP contribution in [0.4, 0.5) is 0 Å². The van der Waals surface area contributed by atoms with E-state index in [0.29, 0.717) is 18.4 Å². The number of hydrogen-bond donors (Lipinski definition) is 2. The molecule has 3 rings (SSSR count). The Morgan fingerprint density at radius 2 is 1.95 bits per heavy atom. The highest BCUT2D eigenvalue weighted by atomic mass is 16.3. The van der Waals surface area contributed by atoms with Crippen LogP contribution in [0.1, 0.15) is 37.7 Å². The first-order chi connectivity index (χ1) is 10.5. The van der Waals surface area contributed by atoms with Crippen molar-refractivity contribution in [2.45, 2.75) is 63.8 Å². The minimum Gasteiger partial charge on any atom is -0.393 e. The average Bonchev–Trinajstić information content (AvgIpc) is 2.43. The third-order valence-electron chi connectivity index (χ3n) is 4.73. The highest BCUT2D eigenvalue weighted by molar-refractivity contribution is 5.77. The molecule has 0 radical (unpaired) electrons. The summed E-state index contributed by atoms with van der Waals surface area (Å²) in [7, 11) is 0. The van der Waals surface area contributed by atoms with Gasteiger partial charge in [-0.15, -0.1) is 0 Å². The molecule has 2 bridgehead atoms. The van der Waals surface area contributed by atoms with Gasteiger partial charge < -0.3 is 10.0 Å². The fourth-order valence-electron chi connectivity index (χ4n) is 3.72. The molecule has 22 heavy (non-hydrogen) atoms. The largest absolute Gasteiger partial charge is 0.393 e. The lowest BCUT2D eigenvalue weighted by Gasteiger charge is -2.47. The Morgan fingerprint density at radius 3 is 2.59 bits per heavy atom. The van der Waals surface area contributed by atoms with E-state index in [9.17, 15) is 19.5 Å². The minimum atomic E-state index is -0.564. The molecule has 1 aromatic heterocycles. The van der Waals surface area contributed by atoms with E-state index in [-0.39, 0.29) is 30.6 Å². The van der Waals surface area contributed by atoms with Crippen LogP contribution in [0.2, 0.25) is 0 Å². The maximum Gasteiger partial charge on any atom is 0.328 e. The van der Waals surface area contributed by atoms with E-state index in [2.05, 4.69) is 4.98 Å². The summed E-state index contributed by atoms with van der Waals surface area (Å²) < 4.78 is 1.25. The number of fused-ring (bicyclic) bond motifs is 2. The van der Waals surface area contributed by atoms with Gasteiger partial charge in [0.25, 0.3) is 5.56 Å². The molecule has 3 heterocycles. The molecular formula is C15H21N3O4. The number of aliphatic hydroxyl groups is 1. The highest BCUT2D eigenvalue weighted by Gasteiger charge is 2.40. The SMILES string of the molecule is Cc1cn(CC(=O)N2[C@@H]3CCC[C@H]2CC(O)C3)c(=O)[nH]c1=O. The molecule has 0 aromatic carbocycles. The fraction of sp³-hybridized carbons (Fsp3) is 0.667. The van der Waals surface area contributed by atoms with Gasteiger partial charge in [-0.2, -0.15) is 0 Å². The molecule has 0 saturated carbocycles. The Morgan fingerprint density at radius 1 is 1.32 bits per heavy atom. The van der Waals surface area contributed by atoms with Gasteiger partial charge in [0, 0.05) is 23.8 Å². The number of amides is 1. The van der Waals surface area contributed by atoms with Gasteiger partial charge in [-0.05, 0) is 39.0 Å². The molecule has 7 nitrogen and oxygen atoms in total. The first kappa shape index (κ1) is 15.0. The number of nitrogens with one attached hydrogen (secondary N) is 1. The predicted octanol–water partition coefficient (Wildman–Crippen LogP) is -0.251. The molecule has 2 fully saturated rings. The van der Waals surface area contributed by atoms with Crippen molar-refractivity contribution in [2.24, 2.45) is 0 Å². The third kappa shape index (κ3) is 2.72. The summed E-state index contributed by atoms with van der Waals surface area (Å²) in [5.74, 6) is -0.116. The van der Waals surface area contributed by atoms with Crippen LogP contribution in [0.5, 0.6) is 0 Å². The van der Waals surface area contributed by atoms with Crippen LogP contribution in [0.15, 0.2) is 15.8 Å². The number of hydrogen-bond acceptors (Lipinski definition) is 4. The van der Waals surface area contributed by atoms with Gasteiger partial charge in [0.2, 0.25) is 5.91 Å². The van der Waals surface area contributed by atoms with Crippen molar-refractivity contribution < 1.29 is 9.90 Å². The number of aromatic nitrogens is 2. The molecule has 1 unspecified atom stereocenters. The van der Waals surface area contributed by atoms with Crippen molar-refractivity contribution in [2.75, 3.05) is 0 Å². The van der Waals surface area contributed by atoms with Crippen LogP contribution >= 0.6 is 0 Å². The van der Waals surface area contributed by atoms with Gasteiger partial charge in [0.15, 0.2) is 0 Å². The van der Waals surface area contributed by atoms with Crippen LogP contribution in [0.3, 0.4) is 0 Å². The van der Waals surface area contributed by atoms with E-state index in [1.165, 1.54) is 10.8 Å². The first-order valence-electron chi connectivity index (χ1n) is 7.75. The lowest BCUT2D eigenvalue weighted by atomic mass is 9.83. The van der Waals surface area contributed by atoms with Gasteiger partial charge in [0.05, 0.1) is 6.10 Å². The van der Waals surface area contributed by atoms with Crippen molar-refractivity contribution in [1.82, 2.24) is 14.5 Å². The van der Waals surface area contributed by atoms with Crippen molar-refractivity contribution in [3.05, 3.63) is 32.6 Å². The number of nitrogens with zero attached hydrogens (tertiary/aromatic N) is 2. The van der Waals surface area contributed by atoms with E-state index in [0.717, 1.165) is 19.3 Å². The molecule has 2 N–H and O–H groups in total. The quantitative estimate of drug-likeness (QED) is 0.787. The zero-order valence-corrected chi connectivity index (χ0v) is 12.6. The number of piperidine rings is 2. The molecule has 1 amide bonds. The summed E-state index contributed by atoms with van der Waals surface area (Å²) in [5.41, 5.74) is -0.584. The Kier molecular flexibility index (Phi) is 3.90. The summed E-state index contributed by atoms with van der Waals surface area (Å²) in [6.07, 6.45) is 5.19. The van der Waals surface area contributed by atoms with Crippen LogP contribution in [0.25, 0.3) is 0 Å². The lowest BCUT2D eigenvalue weighted by Crippen LogP contribution is -2.57. The normalized spacial score (nSPS) is 27.7. The monoisotopic (exact) mass is 307 g/mol. The summed E-state index contributed by atoms with van der Waals surface area (Å²) >= 11 is 0. The van der Waals surface area contributed by atoms with Gasteiger partial charge in [-0.1, -0.05) is 0 Å². The zero-order chi connectivity index (χ0) is 15.9. The van der Waals surface area contributed by atoms with Crippen LogP contribution < -0.4 is 11.2 Å². The van der Waals surface area contributed by atoms with Crippen molar-refractivity contribution in [3.63, 3.8) is 0 Å². The summed E-state index contributed by atoms with van der Waals surface area (Å²) in [6.45, 7) is 1.53. The fourth-order valence-corrected chi connectivity index (χ4v) is 3.72. The Labute approximate surface area is 127 Å². The molecule has 120 valence electrons. The molecule has 7 heteroatoms. The molecule has 2 aliphatic rings. The summed E-state index contributed by atoms with van der Waals surface area (Å²) in [6, 6.07) is 0.129. The number of H-pyrrole nitrogens is 1. The van der Waals surface area contributed by atoms with Gasteiger partial charge in [-0.25, -0.2) is 4.79 Å². The van der Waals surface area contributed by atoms with E-state index >= 15 is 0 Å². The van der Waals surface area contributed by atoms with E-state index in [1.54, 1.807) is 6.92 Å². The minimum absolute atomic E-state index is 0.0644. The van der Waals surface area contributed by atoms with Crippen LogP contribution in [0, 0.1) is 6.92 Å². The molecule has 0 spiro atoms. The predicted molar refractivity (Wildman–Crippen MR) is 79.6 cm³/mol. The average molecular weight is 307 g/mol. The third-order valence-corrected chi connectivity index (χ3v) is 4.73. The van der Waals surface area contributed by atoms with Crippen LogP contribution in [-0.2, 0) is 11.3 Å². The Balaban J connectivity index is 1.81. The van der Waals surface area contributed by atoms with E-state index < -0.39 is 11.2 Å². The number of carbonyl (C=O) groups excluding carboxylic acids is 1. The van der Waals surface area contributed by atoms with E-state index in [4.69, 9.17) is 0 Å². The second-order valence-corrected chi connectivity index (χ2v) is 6.36. The number of aryl methyl sites for hydroxylation is 1. The maximum absolute atomic E-state index is 12.6. The maximum atomic E-state index is 12.6. The lowest BCUT2D eigenvalue weighted by molar-refractivity contribution is -0.144. The van der Waals surface area contributed by atoms with Crippen molar-refractivity contribution >= 4 is 5.91 Å². The highest BCUT2D eigenvalue weighted by Crippen LogP contribution is 2.34. The van der Waals surface area contributed by atoms with Crippen molar-refractivity contribution in [3.8, 4) is 0 Å². The van der Waals surface area contributed by atoms with E-state index in [1.807, 2.05) is 4.90 Å². The zero-order valence-electron chi connectivity index (χ0n) is 12.6. The number of aliphatic hydroxyl groups excluding tert-OH is 1.